The van der Waals surface area contributed by atoms with Crippen molar-refractivity contribution in [3.05, 3.63) is 47.9 Å². The second-order valence-electron chi connectivity index (χ2n) is 6.17. The third-order valence-corrected chi connectivity index (χ3v) is 3.43. The molecule has 0 N–H and O–H groups in total. The number of ether oxygens (including phenoxy) is 3. The Morgan fingerprint density at radius 2 is 1.06 bits per heavy atom. The molecule has 0 spiro atoms. The Kier molecular flexibility index (Phi) is 15.7. The maximum atomic E-state index is 11.7. The zero-order valence-electron chi connectivity index (χ0n) is 18.4. The Hall–Kier alpha value is -4.58. The standard InChI is InChI=1S/C22H24N6O5/c1-27(7-3-5-19(13-23)14-24)17-21(29)32-11-9-31-10-12-33-22(30)18-28(2)8-4-6-20(15-25)16-26/h3-8H,9-12,17-18H2,1-2H3/b7-3+,8-4+. The van der Waals surface area contributed by atoms with Gasteiger partial charge in [-0.1, -0.05) is 0 Å². The molecule has 11 nitrogen and oxygen atoms in total. The zero-order valence-corrected chi connectivity index (χ0v) is 18.4. The van der Waals surface area contributed by atoms with Gasteiger partial charge in [0.2, 0.25) is 0 Å². The van der Waals surface area contributed by atoms with Crippen LogP contribution in [0.5, 0.6) is 0 Å². The van der Waals surface area contributed by atoms with Crippen LogP contribution in [-0.2, 0) is 23.8 Å². The van der Waals surface area contributed by atoms with Gasteiger partial charge in [0.1, 0.15) is 61.7 Å². The van der Waals surface area contributed by atoms with Crippen LogP contribution in [0.3, 0.4) is 0 Å². The van der Waals surface area contributed by atoms with Crippen molar-refractivity contribution in [2.45, 2.75) is 0 Å². The highest BCUT2D eigenvalue weighted by Gasteiger charge is 2.06. The molecular formula is C22H24N6O5. The van der Waals surface area contributed by atoms with Crippen molar-refractivity contribution in [1.29, 1.82) is 21.0 Å². The summed E-state index contributed by atoms with van der Waals surface area (Å²) in [6, 6.07) is 6.87. The van der Waals surface area contributed by atoms with Gasteiger partial charge in [0, 0.05) is 14.1 Å². The van der Waals surface area contributed by atoms with E-state index in [1.807, 2.05) is 0 Å². The minimum absolute atomic E-state index is 0.0253. The number of nitriles is 4. The van der Waals surface area contributed by atoms with Crippen molar-refractivity contribution in [1.82, 2.24) is 9.80 Å². The van der Waals surface area contributed by atoms with Gasteiger partial charge in [-0.3, -0.25) is 9.59 Å². The smallest absolute Gasteiger partial charge is 0.325 e. The molecule has 0 rings (SSSR count). The van der Waals surface area contributed by atoms with E-state index in [0.29, 0.717) is 0 Å². The number of likely N-dealkylation sites (N-methyl/N-ethyl adjacent to an activating group) is 2. The molecule has 0 saturated heterocycles. The first kappa shape index (κ1) is 28.4. The molecule has 0 aromatic rings. The van der Waals surface area contributed by atoms with E-state index in [0.717, 1.165) is 0 Å². The number of carbonyl (C=O) groups excluding carboxylic acids is 2. The SMILES string of the molecule is CN(/C=C/C=C(C#N)C#N)CC(=O)OCCOCCOC(=O)CN(C)/C=C/C=C(C#N)C#N. The van der Waals surface area contributed by atoms with Crippen molar-refractivity contribution in [3.8, 4) is 24.3 Å². The fourth-order valence-electron chi connectivity index (χ4n) is 1.91. The number of allylic oxidation sites excluding steroid dienone is 6. The third-order valence-electron chi connectivity index (χ3n) is 3.43. The largest absolute Gasteiger partial charge is 0.462 e. The van der Waals surface area contributed by atoms with E-state index in [4.69, 9.17) is 35.3 Å². The normalized spacial score (nSPS) is 9.64. The van der Waals surface area contributed by atoms with Crippen molar-refractivity contribution < 1.29 is 23.8 Å². The number of carbonyl (C=O) groups is 2. The second-order valence-corrected chi connectivity index (χ2v) is 6.17. The summed E-state index contributed by atoms with van der Waals surface area (Å²) in [7, 11) is 3.27. The number of hydrogen-bond acceptors (Lipinski definition) is 11. The number of nitrogens with zero attached hydrogens (tertiary/aromatic N) is 6. The molecule has 0 atom stereocenters. The molecule has 0 bridgehead atoms. The minimum atomic E-state index is -0.482. The van der Waals surface area contributed by atoms with Crippen molar-refractivity contribution in [2.24, 2.45) is 0 Å². The molecule has 0 radical (unpaired) electrons. The van der Waals surface area contributed by atoms with Crippen LogP contribution in [0, 0.1) is 45.3 Å². The van der Waals surface area contributed by atoms with Crippen LogP contribution >= 0.6 is 0 Å². The molecule has 0 aromatic heterocycles. The second kappa shape index (κ2) is 18.2. The van der Waals surface area contributed by atoms with E-state index in [9.17, 15) is 9.59 Å². The van der Waals surface area contributed by atoms with Gasteiger partial charge in [0.05, 0.1) is 13.2 Å². The van der Waals surface area contributed by atoms with Gasteiger partial charge in [-0.05, 0) is 36.7 Å². The average molecular weight is 452 g/mol. The maximum Gasteiger partial charge on any atom is 0.325 e. The molecule has 0 unspecified atom stereocenters. The van der Waals surface area contributed by atoms with Crippen LogP contribution in [0.25, 0.3) is 0 Å². The highest BCUT2D eigenvalue weighted by molar-refractivity contribution is 5.72. The highest BCUT2D eigenvalue weighted by atomic mass is 16.6. The van der Waals surface area contributed by atoms with E-state index in [1.165, 1.54) is 46.5 Å². The molecule has 172 valence electrons. The van der Waals surface area contributed by atoms with E-state index < -0.39 is 11.9 Å². The Morgan fingerprint density at radius 3 is 1.39 bits per heavy atom. The molecule has 0 aliphatic carbocycles. The lowest BCUT2D eigenvalue weighted by atomic mass is 10.3. The summed E-state index contributed by atoms with van der Waals surface area (Å²) < 4.78 is 15.2. The molecule has 0 heterocycles. The topological polar surface area (TPSA) is 163 Å². The van der Waals surface area contributed by atoms with E-state index in [2.05, 4.69) is 0 Å². The van der Waals surface area contributed by atoms with Crippen molar-refractivity contribution in [3.63, 3.8) is 0 Å². The molecule has 0 aliphatic heterocycles. The van der Waals surface area contributed by atoms with E-state index in [-0.39, 0.29) is 50.7 Å². The molecule has 0 saturated carbocycles. The summed E-state index contributed by atoms with van der Waals surface area (Å²) in [6.45, 7) is 0.283. The summed E-state index contributed by atoms with van der Waals surface area (Å²) in [5.41, 5.74) is -0.0954. The molecule has 0 amide bonds. The van der Waals surface area contributed by atoms with Crippen LogP contribution in [0.15, 0.2) is 47.9 Å². The molecule has 11 heteroatoms. The highest BCUT2D eigenvalue weighted by Crippen LogP contribution is 1.94. The quantitative estimate of drug-likeness (QED) is 0.159. The lowest BCUT2D eigenvalue weighted by Gasteiger charge is -2.13. The lowest BCUT2D eigenvalue weighted by molar-refractivity contribution is -0.147. The first-order valence-electron chi connectivity index (χ1n) is 9.53. The van der Waals surface area contributed by atoms with Gasteiger partial charge in [-0.25, -0.2) is 0 Å². The fraction of sp³-hybridized carbons (Fsp3) is 0.364. The predicted octanol–water partition coefficient (Wildman–Crippen LogP) is 0.928. The van der Waals surface area contributed by atoms with Gasteiger partial charge in [0.25, 0.3) is 0 Å². The maximum absolute atomic E-state index is 11.7. The summed E-state index contributed by atoms with van der Waals surface area (Å²) in [6.07, 6.45) is 8.67. The molecule has 0 fully saturated rings. The molecule has 0 aromatic carbocycles. The number of hydrogen-bond donors (Lipinski definition) is 0. The van der Waals surface area contributed by atoms with Gasteiger partial charge in [0.15, 0.2) is 0 Å². The monoisotopic (exact) mass is 452 g/mol. The van der Waals surface area contributed by atoms with Gasteiger partial charge in [-0.2, -0.15) is 21.0 Å². The van der Waals surface area contributed by atoms with Crippen LogP contribution < -0.4 is 0 Å². The lowest BCUT2D eigenvalue weighted by Crippen LogP contribution is -2.25. The summed E-state index contributed by atoms with van der Waals surface area (Å²) in [5, 5.41) is 34.4. The van der Waals surface area contributed by atoms with E-state index in [1.54, 1.807) is 38.4 Å². The van der Waals surface area contributed by atoms with E-state index >= 15 is 0 Å². The van der Waals surface area contributed by atoms with Crippen LogP contribution in [-0.4, -0.2) is 75.4 Å². The minimum Gasteiger partial charge on any atom is -0.462 e. The molecule has 33 heavy (non-hydrogen) atoms. The fourth-order valence-corrected chi connectivity index (χ4v) is 1.91. The Morgan fingerprint density at radius 1 is 0.697 bits per heavy atom. The molecule has 0 aliphatic rings. The van der Waals surface area contributed by atoms with Crippen molar-refractivity contribution >= 4 is 11.9 Å². The third kappa shape index (κ3) is 15.9. The zero-order chi connectivity index (χ0) is 24.9. The Balaban J connectivity index is 3.92. The average Bonchev–Trinajstić information content (AvgIpc) is 2.78. The van der Waals surface area contributed by atoms with Gasteiger partial charge < -0.3 is 24.0 Å². The first-order chi connectivity index (χ1) is 15.9. The van der Waals surface area contributed by atoms with Crippen LogP contribution in [0.2, 0.25) is 0 Å². The summed E-state index contributed by atoms with van der Waals surface area (Å²) in [5.74, 6) is -0.964. The van der Waals surface area contributed by atoms with Gasteiger partial charge >= 0.3 is 11.9 Å². The predicted molar refractivity (Wildman–Crippen MR) is 115 cm³/mol. The molecular weight excluding hydrogens is 428 g/mol. The Bertz CT molecular complexity index is 832. The van der Waals surface area contributed by atoms with Crippen molar-refractivity contribution in [2.75, 3.05) is 53.6 Å². The summed E-state index contributed by atoms with van der Waals surface area (Å²) >= 11 is 0. The summed E-state index contributed by atoms with van der Waals surface area (Å²) in [4.78, 5) is 26.5. The van der Waals surface area contributed by atoms with Gasteiger partial charge in [-0.15, -0.1) is 0 Å². The van der Waals surface area contributed by atoms with Crippen LogP contribution in [0.1, 0.15) is 0 Å². The first-order valence-corrected chi connectivity index (χ1v) is 9.53. The van der Waals surface area contributed by atoms with Crippen LogP contribution in [0.4, 0.5) is 0 Å². The number of esters is 2. The number of rotatable bonds is 14. The Labute approximate surface area is 192 Å².